The van der Waals surface area contributed by atoms with Gasteiger partial charge in [-0.3, -0.25) is 0 Å². The van der Waals surface area contributed by atoms with E-state index in [1.54, 1.807) is 0 Å². The van der Waals surface area contributed by atoms with Crippen molar-refractivity contribution in [1.29, 1.82) is 0 Å². The molecule has 1 unspecified atom stereocenters. The maximum absolute atomic E-state index is 12.7. The number of hydrogen-bond donors (Lipinski definition) is 0. The number of carbonyl (C=O) groups excluding carboxylic acids is 1. The van der Waals surface area contributed by atoms with Crippen LogP contribution >= 0.6 is 0 Å². The zero-order chi connectivity index (χ0) is 14.6. The highest BCUT2D eigenvalue weighted by Gasteiger charge is 2.31. The standard InChI is InChI=1S/C14H17F3O2/c1-9(6-10(2)18)7-11-8-12(14(15,16)17)4-5-13(11)19-3/h4-5,8-9H,6-7H2,1-3H3. The molecule has 106 valence electrons. The lowest BCUT2D eigenvalue weighted by Crippen LogP contribution is -2.09. The van der Waals surface area contributed by atoms with Gasteiger partial charge in [0.05, 0.1) is 12.7 Å². The summed E-state index contributed by atoms with van der Waals surface area (Å²) in [6.07, 6.45) is -3.64. The number of benzene rings is 1. The first-order chi connectivity index (χ1) is 8.74. The smallest absolute Gasteiger partial charge is 0.416 e. The Morgan fingerprint density at radius 3 is 2.47 bits per heavy atom. The number of ether oxygens (including phenoxy) is 1. The lowest BCUT2D eigenvalue weighted by Gasteiger charge is -2.15. The first-order valence-corrected chi connectivity index (χ1v) is 5.97. The van der Waals surface area contributed by atoms with Crippen molar-refractivity contribution in [3.63, 3.8) is 0 Å². The van der Waals surface area contributed by atoms with E-state index in [1.165, 1.54) is 20.1 Å². The third kappa shape index (κ3) is 4.58. The first kappa shape index (κ1) is 15.5. The SMILES string of the molecule is COc1ccc(C(F)(F)F)cc1CC(C)CC(C)=O. The Hall–Kier alpha value is -1.52. The summed E-state index contributed by atoms with van der Waals surface area (Å²) < 4.78 is 43.0. The van der Waals surface area contributed by atoms with Crippen molar-refractivity contribution in [2.75, 3.05) is 7.11 Å². The zero-order valence-electron chi connectivity index (χ0n) is 11.2. The van der Waals surface area contributed by atoms with E-state index in [0.717, 1.165) is 12.1 Å². The molecule has 0 saturated heterocycles. The molecule has 0 heterocycles. The normalized spacial score (nSPS) is 13.2. The topological polar surface area (TPSA) is 26.3 Å². The Morgan fingerprint density at radius 2 is 2.00 bits per heavy atom. The average molecular weight is 274 g/mol. The van der Waals surface area contributed by atoms with Crippen LogP contribution in [0.15, 0.2) is 18.2 Å². The summed E-state index contributed by atoms with van der Waals surface area (Å²) in [7, 11) is 1.42. The van der Waals surface area contributed by atoms with Gasteiger partial charge in [-0.15, -0.1) is 0 Å². The molecule has 1 rings (SSSR count). The Balaban J connectivity index is 2.99. The molecular weight excluding hydrogens is 257 g/mol. The summed E-state index contributed by atoms with van der Waals surface area (Å²) in [5.41, 5.74) is -0.218. The Kier molecular flexibility index (Phi) is 4.97. The van der Waals surface area contributed by atoms with Gasteiger partial charge in [0, 0.05) is 6.42 Å². The minimum absolute atomic E-state index is 0.0186. The predicted molar refractivity (Wildman–Crippen MR) is 66.2 cm³/mol. The maximum atomic E-state index is 12.7. The third-order valence-electron chi connectivity index (χ3n) is 2.81. The largest absolute Gasteiger partial charge is 0.496 e. The van der Waals surface area contributed by atoms with Crippen molar-refractivity contribution in [2.45, 2.75) is 32.9 Å². The fourth-order valence-electron chi connectivity index (χ4n) is 2.05. The minimum Gasteiger partial charge on any atom is -0.496 e. The second-order valence-electron chi connectivity index (χ2n) is 4.74. The quantitative estimate of drug-likeness (QED) is 0.814. The Bertz CT molecular complexity index is 452. The summed E-state index contributed by atoms with van der Waals surface area (Å²) in [5.74, 6) is 0.428. The van der Waals surface area contributed by atoms with Gasteiger partial charge in [0.25, 0.3) is 0 Å². The highest BCUT2D eigenvalue weighted by atomic mass is 19.4. The van der Waals surface area contributed by atoms with Gasteiger partial charge in [-0.25, -0.2) is 0 Å². The van der Waals surface area contributed by atoms with Gasteiger partial charge in [-0.1, -0.05) is 6.92 Å². The highest BCUT2D eigenvalue weighted by Crippen LogP contribution is 2.33. The molecule has 0 radical (unpaired) electrons. The summed E-state index contributed by atoms with van der Waals surface area (Å²) >= 11 is 0. The van der Waals surface area contributed by atoms with E-state index in [9.17, 15) is 18.0 Å². The second-order valence-corrected chi connectivity index (χ2v) is 4.74. The molecule has 0 N–H and O–H groups in total. The van der Waals surface area contributed by atoms with Gasteiger partial charge < -0.3 is 9.53 Å². The molecule has 0 aliphatic rings. The zero-order valence-corrected chi connectivity index (χ0v) is 11.2. The summed E-state index contributed by atoms with van der Waals surface area (Å²) in [4.78, 5) is 11.0. The van der Waals surface area contributed by atoms with Crippen molar-refractivity contribution in [2.24, 2.45) is 5.92 Å². The fourth-order valence-corrected chi connectivity index (χ4v) is 2.05. The number of ketones is 1. The lowest BCUT2D eigenvalue weighted by atomic mass is 9.95. The number of Topliss-reactive ketones (excluding diaryl/α,β-unsaturated/α-hetero) is 1. The highest BCUT2D eigenvalue weighted by molar-refractivity contribution is 5.75. The van der Waals surface area contributed by atoms with E-state index < -0.39 is 11.7 Å². The molecule has 1 aromatic rings. The van der Waals surface area contributed by atoms with Crippen LogP contribution in [0.2, 0.25) is 0 Å². The molecule has 2 nitrogen and oxygen atoms in total. The first-order valence-electron chi connectivity index (χ1n) is 5.97. The van der Waals surface area contributed by atoms with Gasteiger partial charge in [-0.2, -0.15) is 13.2 Å². The molecule has 5 heteroatoms. The van der Waals surface area contributed by atoms with E-state index in [2.05, 4.69) is 0 Å². The van der Waals surface area contributed by atoms with Crippen molar-refractivity contribution < 1.29 is 22.7 Å². The third-order valence-corrected chi connectivity index (χ3v) is 2.81. The molecule has 0 fully saturated rings. The number of halogens is 3. The van der Waals surface area contributed by atoms with E-state index in [1.807, 2.05) is 6.92 Å². The number of alkyl halides is 3. The van der Waals surface area contributed by atoms with Crippen LogP contribution in [0.25, 0.3) is 0 Å². The predicted octanol–water partition coefficient (Wildman–Crippen LogP) is 3.87. The minimum atomic E-state index is -4.37. The van der Waals surface area contributed by atoms with Crippen LogP contribution in [0.5, 0.6) is 5.75 Å². The van der Waals surface area contributed by atoms with Crippen LogP contribution in [0.3, 0.4) is 0 Å². The van der Waals surface area contributed by atoms with Crippen LogP contribution < -0.4 is 4.74 Å². The van der Waals surface area contributed by atoms with Crippen molar-refractivity contribution in [1.82, 2.24) is 0 Å². The summed E-state index contributed by atoms with van der Waals surface area (Å²) in [6, 6.07) is 3.41. The molecule has 1 atom stereocenters. The van der Waals surface area contributed by atoms with Crippen molar-refractivity contribution >= 4 is 5.78 Å². The molecule has 0 saturated carbocycles. The molecular formula is C14H17F3O2. The monoisotopic (exact) mass is 274 g/mol. The molecule has 0 aliphatic carbocycles. The fraction of sp³-hybridized carbons (Fsp3) is 0.500. The Morgan fingerprint density at radius 1 is 1.37 bits per heavy atom. The van der Waals surface area contributed by atoms with E-state index in [0.29, 0.717) is 24.2 Å². The van der Waals surface area contributed by atoms with Gasteiger partial charge in [0.2, 0.25) is 0 Å². The maximum Gasteiger partial charge on any atom is 0.416 e. The number of methoxy groups -OCH3 is 1. The lowest BCUT2D eigenvalue weighted by molar-refractivity contribution is -0.137. The van der Waals surface area contributed by atoms with Crippen LogP contribution in [-0.2, 0) is 17.4 Å². The second kappa shape index (κ2) is 6.08. The number of hydrogen-bond acceptors (Lipinski definition) is 2. The molecule has 19 heavy (non-hydrogen) atoms. The molecule has 0 bridgehead atoms. The van der Waals surface area contributed by atoms with Crippen LogP contribution in [0, 0.1) is 5.92 Å². The van der Waals surface area contributed by atoms with Gasteiger partial charge >= 0.3 is 6.18 Å². The summed E-state index contributed by atoms with van der Waals surface area (Å²) in [5, 5.41) is 0. The van der Waals surface area contributed by atoms with Crippen molar-refractivity contribution in [3.05, 3.63) is 29.3 Å². The average Bonchev–Trinajstić information content (AvgIpc) is 2.26. The molecule has 0 aromatic heterocycles. The van der Waals surface area contributed by atoms with Crippen LogP contribution in [-0.4, -0.2) is 12.9 Å². The van der Waals surface area contributed by atoms with Gasteiger partial charge in [0.15, 0.2) is 0 Å². The molecule has 0 spiro atoms. The van der Waals surface area contributed by atoms with Crippen LogP contribution in [0.1, 0.15) is 31.4 Å². The Labute approximate surface area is 110 Å². The molecule has 0 aliphatic heterocycles. The summed E-state index contributed by atoms with van der Waals surface area (Å²) in [6.45, 7) is 3.31. The van der Waals surface area contributed by atoms with E-state index in [4.69, 9.17) is 4.74 Å². The molecule has 0 amide bonds. The van der Waals surface area contributed by atoms with E-state index >= 15 is 0 Å². The van der Waals surface area contributed by atoms with E-state index in [-0.39, 0.29) is 11.7 Å². The van der Waals surface area contributed by atoms with Crippen molar-refractivity contribution in [3.8, 4) is 5.75 Å². The molecule has 1 aromatic carbocycles. The van der Waals surface area contributed by atoms with Crippen LogP contribution in [0.4, 0.5) is 13.2 Å². The number of rotatable bonds is 5. The van der Waals surface area contributed by atoms with Gasteiger partial charge in [0.1, 0.15) is 11.5 Å². The van der Waals surface area contributed by atoms with Gasteiger partial charge in [-0.05, 0) is 43.0 Å². The number of carbonyl (C=O) groups is 1.